The SMILES string of the molecule is CC(C)c1cc[n+]2c(c1)C2. The minimum atomic E-state index is 0.673. The van der Waals surface area contributed by atoms with Crippen LogP contribution < -0.4 is 4.57 Å². The maximum atomic E-state index is 2.30. The Labute approximate surface area is 61.3 Å². The van der Waals surface area contributed by atoms with Gasteiger partial charge in [0.15, 0.2) is 6.20 Å². The summed E-state index contributed by atoms with van der Waals surface area (Å²) in [7, 11) is 0. The van der Waals surface area contributed by atoms with Crippen molar-refractivity contribution < 1.29 is 4.57 Å². The summed E-state index contributed by atoms with van der Waals surface area (Å²) in [6, 6.07) is 4.51. The van der Waals surface area contributed by atoms with Crippen LogP contribution in [0.5, 0.6) is 0 Å². The quantitative estimate of drug-likeness (QED) is 0.520. The molecule has 2 heterocycles. The van der Waals surface area contributed by atoms with Gasteiger partial charge >= 0.3 is 0 Å². The van der Waals surface area contributed by atoms with E-state index in [1.807, 2.05) is 0 Å². The first kappa shape index (κ1) is 5.90. The molecule has 1 nitrogen and oxygen atoms in total. The molecule has 0 N–H and O–H groups in total. The molecule has 0 atom stereocenters. The highest BCUT2D eigenvalue weighted by molar-refractivity contribution is 5.18. The van der Waals surface area contributed by atoms with E-state index >= 15 is 0 Å². The molecule has 0 aromatic carbocycles. The number of hydrogen-bond donors (Lipinski definition) is 0. The van der Waals surface area contributed by atoms with Crippen LogP contribution in [0.3, 0.4) is 0 Å². The smallest absolute Gasteiger partial charge is 0.186 e. The second-order valence-electron chi connectivity index (χ2n) is 3.23. The van der Waals surface area contributed by atoms with Gasteiger partial charge in [0.1, 0.15) is 0 Å². The summed E-state index contributed by atoms with van der Waals surface area (Å²) >= 11 is 0. The third kappa shape index (κ3) is 0.821. The zero-order valence-corrected chi connectivity index (χ0v) is 6.46. The lowest BCUT2D eigenvalue weighted by atomic mass is 10.1. The predicted octanol–water partition coefficient (Wildman–Crippen LogP) is 1.46. The summed E-state index contributed by atoms with van der Waals surface area (Å²) < 4.78 is 2.26. The molecule has 10 heavy (non-hydrogen) atoms. The van der Waals surface area contributed by atoms with Crippen molar-refractivity contribution in [3.05, 3.63) is 29.6 Å². The second-order valence-corrected chi connectivity index (χ2v) is 3.23. The van der Waals surface area contributed by atoms with E-state index in [1.54, 1.807) is 0 Å². The largest absolute Gasteiger partial charge is 0.248 e. The van der Waals surface area contributed by atoms with Crippen LogP contribution in [0.15, 0.2) is 18.3 Å². The lowest BCUT2D eigenvalue weighted by Gasteiger charge is -1.98. The van der Waals surface area contributed by atoms with Crippen molar-refractivity contribution in [2.45, 2.75) is 26.3 Å². The average molecular weight is 134 g/mol. The minimum absolute atomic E-state index is 0.673. The Kier molecular flexibility index (Phi) is 1.07. The highest BCUT2D eigenvalue weighted by Crippen LogP contribution is 2.16. The van der Waals surface area contributed by atoms with E-state index in [0.717, 1.165) is 6.54 Å². The zero-order chi connectivity index (χ0) is 7.14. The molecule has 0 fully saturated rings. The fourth-order valence-electron chi connectivity index (χ4n) is 1.19. The third-order valence-electron chi connectivity index (χ3n) is 2.04. The average Bonchev–Trinajstić information content (AvgIpc) is 2.63. The van der Waals surface area contributed by atoms with E-state index in [1.165, 1.54) is 11.3 Å². The van der Waals surface area contributed by atoms with E-state index < -0.39 is 0 Å². The fraction of sp³-hybridized carbons (Fsp3) is 0.444. The van der Waals surface area contributed by atoms with E-state index in [2.05, 4.69) is 36.7 Å². The van der Waals surface area contributed by atoms with Gasteiger partial charge in [-0.25, -0.2) is 0 Å². The highest BCUT2D eigenvalue weighted by atomic mass is 15.1. The van der Waals surface area contributed by atoms with Crippen LogP contribution in [0.2, 0.25) is 0 Å². The Morgan fingerprint density at radius 3 is 2.90 bits per heavy atom. The summed E-state index contributed by atoms with van der Waals surface area (Å²) in [5.41, 5.74) is 2.94. The molecule has 1 aromatic rings. The minimum Gasteiger partial charge on any atom is -0.186 e. The van der Waals surface area contributed by atoms with Crippen molar-refractivity contribution in [3.8, 4) is 0 Å². The fourth-order valence-corrected chi connectivity index (χ4v) is 1.19. The van der Waals surface area contributed by atoms with Gasteiger partial charge in [0.25, 0.3) is 0 Å². The van der Waals surface area contributed by atoms with Gasteiger partial charge in [-0.1, -0.05) is 13.8 Å². The number of fused-ring (bicyclic) bond motifs is 1. The lowest BCUT2D eigenvalue weighted by Crippen LogP contribution is -2.08. The van der Waals surface area contributed by atoms with Crippen molar-refractivity contribution in [3.63, 3.8) is 0 Å². The van der Waals surface area contributed by atoms with Gasteiger partial charge in [-0.15, -0.1) is 0 Å². The molecule has 52 valence electrons. The number of rotatable bonds is 1. The van der Waals surface area contributed by atoms with Crippen LogP contribution in [0.4, 0.5) is 0 Å². The number of pyridine rings is 1. The van der Waals surface area contributed by atoms with Crippen LogP contribution in [0, 0.1) is 0 Å². The topological polar surface area (TPSA) is 3.88 Å². The van der Waals surface area contributed by atoms with Crippen LogP contribution in [-0.2, 0) is 6.54 Å². The van der Waals surface area contributed by atoms with E-state index in [-0.39, 0.29) is 0 Å². The molecule has 0 radical (unpaired) electrons. The molecule has 1 aliphatic heterocycles. The summed E-state index contributed by atoms with van der Waals surface area (Å²) in [4.78, 5) is 0. The number of hydrogen-bond acceptors (Lipinski definition) is 0. The van der Waals surface area contributed by atoms with Crippen molar-refractivity contribution in [1.29, 1.82) is 0 Å². The maximum absolute atomic E-state index is 2.30. The van der Waals surface area contributed by atoms with Gasteiger partial charge < -0.3 is 0 Å². The Balaban J connectivity index is 2.39. The lowest BCUT2D eigenvalue weighted by molar-refractivity contribution is -0.572. The standard InChI is InChI=1S/C9H12N/c1-7(2)8-3-4-10-6-9(10)5-8/h3-5,7H,6H2,1-2H3/q+1. The summed E-state index contributed by atoms with van der Waals surface area (Å²) in [6.45, 7) is 5.62. The molecule has 0 amide bonds. The third-order valence-corrected chi connectivity index (χ3v) is 2.04. The molecular weight excluding hydrogens is 122 g/mol. The molecule has 1 aromatic heterocycles. The zero-order valence-electron chi connectivity index (χ0n) is 6.46. The van der Waals surface area contributed by atoms with Crippen LogP contribution >= 0.6 is 0 Å². The maximum Gasteiger partial charge on any atom is 0.248 e. The summed E-state index contributed by atoms with van der Waals surface area (Å²) in [6.07, 6.45) is 2.17. The Hall–Kier alpha value is -0.850. The van der Waals surface area contributed by atoms with Gasteiger partial charge in [0, 0.05) is 12.1 Å². The van der Waals surface area contributed by atoms with Crippen molar-refractivity contribution in [2.75, 3.05) is 0 Å². The summed E-state index contributed by atoms with van der Waals surface area (Å²) in [5, 5.41) is 0. The monoisotopic (exact) mass is 134 g/mol. The molecule has 0 spiro atoms. The van der Waals surface area contributed by atoms with Gasteiger partial charge in [0.2, 0.25) is 12.2 Å². The van der Waals surface area contributed by atoms with Crippen LogP contribution in [0.1, 0.15) is 31.0 Å². The normalized spacial score (nSPS) is 13.5. The molecule has 0 aliphatic carbocycles. The first-order valence-electron chi connectivity index (χ1n) is 3.79. The van der Waals surface area contributed by atoms with Crippen molar-refractivity contribution >= 4 is 0 Å². The van der Waals surface area contributed by atoms with Gasteiger partial charge in [-0.2, -0.15) is 4.57 Å². The molecule has 0 saturated carbocycles. The van der Waals surface area contributed by atoms with Gasteiger partial charge in [0.05, 0.1) is 0 Å². The van der Waals surface area contributed by atoms with E-state index in [4.69, 9.17) is 0 Å². The first-order chi connectivity index (χ1) is 4.77. The molecular formula is C9H12N+. The summed E-state index contributed by atoms with van der Waals surface area (Å²) in [5.74, 6) is 0.673. The van der Waals surface area contributed by atoms with Crippen molar-refractivity contribution in [1.82, 2.24) is 0 Å². The molecule has 1 aliphatic rings. The number of aromatic nitrogens is 1. The van der Waals surface area contributed by atoms with E-state index in [0.29, 0.717) is 5.92 Å². The second kappa shape index (κ2) is 1.82. The Morgan fingerprint density at radius 1 is 1.50 bits per heavy atom. The van der Waals surface area contributed by atoms with E-state index in [9.17, 15) is 0 Å². The van der Waals surface area contributed by atoms with Crippen LogP contribution in [0.25, 0.3) is 0 Å². The van der Waals surface area contributed by atoms with Gasteiger partial charge in [-0.05, 0) is 11.5 Å². The van der Waals surface area contributed by atoms with Crippen molar-refractivity contribution in [2.24, 2.45) is 0 Å². The molecule has 0 saturated heterocycles. The number of nitrogens with zero attached hydrogens (tertiary/aromatic N) is 1. The molecule has 1 heteroatoms. The van der Waals surface area contributed by atoms with Gasteiger partial charge in [-0.3, -0.25) is 0 Å². The Bertz CT molecular complexity index is 263. The Morgan fingerprint density at radius 2 is 2.30 bits per heavy atom. The first-order valence-corrected chi connectivity index (χ1v) is 3.79. The molecule has 2 rings (SSSR count). The molecule has 0 bridgehead atoms. The highest BCUT2D eigenvalue weighted by Gasteiger charge is 2.28. The van der Waals surface area contributed by atoms with Crippen LogP contribution in [-0.4, -0.2) is 0 Å². The molecule has 0 unspecified atom stereocenters. The predicted molar refractivity (Wildman–Crippen MR) is 39.8 cm³/mol.